The molecule has 5 nitrogen and oxygen atoms in total. The monoisotopic (exact) mass is 326 g/mol. The van der Waals surface area contributed by atoms with Crippen molar-refractivity contribution in [2.45, 2.75) is 0 Å². The number of hydrogen-bond acceptors (Lipinski definition) is 4. The quantitative estimate of drug-likeness (QED) is 0.626. The first-order valence-electron chi connectivity index (χ1n) is 7.57. The van der Waals surface area contributed by atoms with Gasteiger partial charge in [0.1, 0.15) is 5.75 Å². The molecule has 0 aliphatic heterocycles. The molecular formula is C19H22N2O3. The van der Waals surface area contributed by atoms with Crippen LogP contribution in [0.5, 0.6) is 5.75 Å². The lowest BCUT2D eigenvalue weighted by molar-refractivity contribution is -0.111. The zero-order chi connectivity index (χ0) is 17.4. The zero-order valence-electron chi connectivity index (χ0n) is 14.2. The number of carbonyl (C=O) groups is 1. The first-order chi connectivity index (χ1) is 11.6. The molecule has 0 fully saturated rings. The molecule has 0 aliphatic rings. The molecule has 0 aliphatic carbocycles. The van der Waals surface area contributed by atoms with Crippen LogP contribution in [0.4, 0.5) is 11.4 Å². The van der Waals surface area contributed by atoms with Gasteiger partial charge in [-0.25, -0.2) is 0 Å². The highest BCUT2D eigenvalue weighted by molar-refractivity contribution is 6.02. The molecular weight excluding hydrogens is 304 g/mol. The van der Waals surface area contributed by atoms with Crippen LogP contribution in [0.25, 0.3) is 6.08 Å². The van der Waals surface area contributed by atoms with E-state index in [4.69, 9.17) is 9.47 Å². The summed E-state index contributed by atoms with van der Waals surface area (Å²) in [5.41, 5.74) is 2.76. The van der Waals surface area contributed by atoms with Crippen molar-refractivity contribution in [3.8, 4) is 5.75 Å². The molecule has 126 valence electrons. The van der Waals surface area contributed by atoms with E-state index in [9.17, 15) is 4.79 Å². The van der Waals surface area contributed by atoms with Crippen LogP contribution in [0.1, 0.15) is 5.56 Å². The molecule has 0 bridgehead atoms. The Morgan fingerprint density at radius 2 is 1.75 bits per heavy atom. The van der Waals surface area contributed by atoms with Gasteiger partial charge in [-0.2, -0.15) is 0 Å². The fraction of sp³-hybridized carbons (Fsp3) is 0.211. The summed E-state index contributed by atoms with van der Waals surface area (Å²) < 4.78 is 10.2. The predicted molar refractivity (Wildman–Crippen MR) is 97.4 cm³/mol. The molecule has 2 rings (SSSR count). The Balaban J connectivity index is 1.90. The molecule has 0 saturated carbocycles. The molecule has 0 unspecified atom stereocenters. The minimum Gasteiger partial charge on any atom is -0.468 e. The van der Waals surface area contributed by atoms with E-state index in [-0.39, 0.29) is 12.7 Å². The van der Waals surface area contributed by atoms with Crippen molar-refractivity contribution in [3.63, 3.8) is 0 Å². The van der Waals surface area contributed by atoms with Crippen LogP contribution >= 0.6 is 0 Å². The van der Waals surface area contributed by atoms with Gasteiger partial charge < -0.3 is 19.7 Å². The second-order valence-electron chi connectivity index (χ2n) is 5.38. The molecule has 0 saturated heterocycles. The Kier molecular flexibility index (Phi) is 6.40. The first kappa shape index (κ1) is 17.6. The van der Waals surface area contributed by atoms with Crippen molar-refractivity contribution in [1.82, 2.24) is 0 Å². The third-order valence-electron chi connectivity index (χ3n) is 3.30. The SMILES string of the molecule is COCOc1ccc(/C=C/C(=O)Nc2ccc(N(C)C)cc2)cc1. The number of nitrogens with one attached hydrogen (secondary N) is 1. The van der Waals surface area contributed by atoms with Gasteiger partial charge in [-0.3, -0.25) is 4.79 Å². The maximum atomic E-state index is 12.0. The number of rotatable bonds is 7. The van der Waals surface area contributed by atoms with Gasteiger partial charge in [0.05, 0.1) is 0 Å². The van der Waals surface area contributed by atoms with E-state index in [0.29, 0.717) is 0 Å². The zero-order valence-corrected chi connectivity index (χ0v) is 14.2. The third kappa shape index (κ3) is 5.44. The number of nitrogens with zero attached hydrogens (tertiary/aromatic N) is 1. The molecule has 0 radical (unpaired) electrons. The Bertz CT molecular complexity index is 677. The van der Waals surface area contributed by atoms with E-state index >= 15 is 0 Å². The van der Waals surface area contributed by atoms with Crippen LogP contribution < -0.4 is 15.0 Å². The summed E-state index contributed by atoms with van der Waals surface area (Å²) in [4.78, 5) is 14.0. The van der Waals surface area contributed by atoms with Crippen molar-refractivity contribution in [2.75, 3.05) is 38.2 Å². The average Bonchev–Trinajstić information content (AvgIpc) is 2.59. The van der Waals surface area contributed by atoms with Crippen molar-refractivity contribution in [3.05, 3.63) is 60.2 Å². The Hall–Kier alpha value is -2.79. The molecule has 0 atom stereocenters. The van der Waals surface area contributed by atoms with Crippen molar-refractivity contribution in [1.29, 1.82) is 0 Å². The molecule has 2 aromatic rings. The summed E-state index contributed by atoms with van der Waals surface area (Å²) in [6, 6.07) is 15.1. The molecule has 0 heterocycles. The minimum atomic E-state index is -0.174. The minimum absolute atomic E-state index is 0.174. The van der Waals surface area contributed by atoms with Gasteiger partial charge >= 0.3 is 0 Å². The van der Waals surface area contributed by atoms with E-state index in [0.717, 1.165) is 22.7 Å². The van der Waals surface area contributed by atoms with Gasteiger partial charge in [-0.1, -0.05) is 12.1 Å². The standard InChI is InChI=1S/C19H22N2O3/c1-21(2)17-9-7-16(8-10-17)20-19(22)13-6-15-4-11-18(12-5-15)24-14-23-3/h4-13H,14H2,1-3H3,(H,20,22)/b13-6+. The lowest BCUT2D eigenvalue weighted by atomic mass is 10.2. The van der Waals surface area contributed by atoms with Gasteiger partial charge in [0.2, 0.25) is 5.91 Å². The van der Waals surface area contributed by atoms with Crippen LogP contribution in [0.3, 0.4) is 0 Å². The largest absolute Gasteiger partial charge is 0.468 e. The van der Waals surface area contributed by atoms with E-state index < -0.39 is 0 Å². The van der Waals surface area contributed by atoms with E-state index in [1.54, 1.807) is 13.2 Å². The number of hydrogen-bond donors (Lipinski definition) is 1. The van der Waals surface area contributed by atoms with Crippen LogP contribution in [0, 0.1) is 0 Å². The Labute approximate surface area is 142 Å². The number of anilines is 2. The number of methoxy groups -OCH3 is 1. The number of ether oxygens (including phenoxy) is 2. The fourth-order valence-corrected chi connectivity index (χ4v) is 2.00. The summed E-state index contributed by atoms with van der Waals surface area (Å²) in [6.07, 6.45) is 3.26. The van der Waals surface area contributed by atoms with Crippen LogP contribution in [0.2, 0.25) is 0 Å². The second-order valence-corrected chi connectivity index (χ2v) is 5.38. The van der Waals surface area contributed by atoms with E-state index in [1.807, 2.05) is 67.5 Å². The van der Waals surface area contributed by atoms with Gasteiger partial charge in [0.15, 0.2) is 6.79 Å². The van der Waals surface area contributed by atoms with Crippen molar-refractivity contribution < 1.29 is 14.3 Å². The van der Waals surface area contributed by atoms with Crippen molar-refractivity contribution >= 4 is 23.4 Å². The highest BCUT2D eigenvalue weighted by Gasteiger charge is 2.00. The van der Waals surface area contributed by atoms with Gasteiger partial charge in [-0.15, -0.1) is 0 Å². The van der Waals surface area contributed by atoms with E-state index in [2.05, 4.69) is 5.32 Å². The van der Waals surface area contributed by atoms with Gasteiger partial charge in [-0.05, 0) is 48.0 Å². The highest BCUT2D eigenvalue weighted by atomic mass is 16.7. The fourth-order valence-electron chi connectivity index (χ4n) is 2.00. The lowest BCUT2D eigenvalue weighted by Crippen LogP contribution is -2.10. The molecule has 1 N–H and O–H groups in total. The highest BCUT2D eigenvalue weighted by Crippen LogP contribution is 2.16. The second kappa shape index (κ2) is 8.74. The predicted octanol–water partition coefficient (Wildman–Crippen LogP) is 3.39. The molecule has 5 heteroatoms. The smallest absolute Gasteiger partial charge is 0.248 e. The van der Waals surface area contributed by atoms with Crippen molar-refractivity contribution in [2.24, 2.45) is 0 Å². The number of amides is 1. The van der Waals surface area contributed by atoms with Crippen LogP contribution in [-0.2, 0) is 9.53 Å². The summed E-state index contributed by atoms with van der Waals surface area (Å²) in [6.45, 7) is 0.213. The summed E-state index contributed by atoms with van der Waals surface area (Å²) in [5.74, 6) is 0.548. The van der Waals surface area contributed by atoms with Crippen LogP contribution in [0.15, 0.2) is 54.6 Å². The maximum absolute atomic E-state index is 12.0. The maximum Gasteiger partial charge on any atom is 0.248 e. The number of benzene rings is 2. The lowest BCUT2D eigenvalue weighted by Gasteiger charge is -2.12. The number of carbonyl (C=O) groups excluding carboxylic acids is 1. The topological polar surface area (TPSA) is 50.8 Å². The third-order valence-corrected chi connectivity index (χ3v) is 3.30. The van der Waals surface area contributed by atoms with Crippen LogP contribution in [-0.4, -0.2) is 33.9 Å². The molecule has 1 amide bonds. The summed E-state index contributed by atoms with van der Waals surface area (Å²) in [7, 11) is 5.52. The molecule has 0 spiro atoms. The summed E-state index contributed by atoms with van der Waals surface area (Å²) >= 11 is 0. The molecule has 2 aromatic carbocycles. The van der Waals surface area contributed by atoms with Gasteiger partial charge in [0.25, 0.3) is 0 Å². The Morgan fingerprint density at radius 1 is 1.08 bits per heavy atom. The molecule has 0 aromatic heterocycles. The average molecular weight is 326 g/mol. The summed E-state index contributed by atoms with van der Waals surface area (Å²) in [5, 5.41) is 2.83. The Morgan fingerprint density at radius 3 is 2.33 bits per heavy atom. The molecule has 24 heavy (non-hydrogen) atoms. The normalized spacial score (nSPS) is 10.6. The van der Waals surface area contributed by atoms with E-state index in [1.165, 1.54) is 6.08 Å². The van der Waals surface area contributed by atoms with Gasteiger partial charge in [0, 0.05) is 38.7 Å². The first-order valence-corrected chi connectivity index (χ1v) is 7.57.